The van der Waals surface area contributed by atoms with Crippen molar-refractivity contribution < 1.29 is 4.74 Å². The SMILES string of the molecule is CCNC(C1CCCOC1)C1CSCCN1C. The molecule has 1 N–H and O–H groups in total. The van der Waals surface area contributed by atoms with Gasteiger partial charge >= 0.3 is 0 Å². The topological polar surface area (TPSA) is 24.5 Å². The zero-order valence-corrected chi connectivity index (χ0v) is 12.0. The summed E-state index contributed by atoms with van der Waals surface area (Å²) in [7, 11) is 2.28. The first-order valence-electron chi connectivity index (χ1n) is 6.92. The quantitative estimate of drug-likeness (QED) is 0.825. The normalized spacial score (nSPS) is 33.5. The van der Waals surface area contributed by atoms with Gasteiger partial charge in [0.05, 0.1) is 6.61 Å². The Morgan fingerprint density at radius 2 is 2.41 bits per heavy atom. The highest BCUT2D eigenvalue weighted by atomic mass is 32.2. The third kappa shape index (κ3) is 3.60. The number of likely N-dealkylation sites (N-methyl/N-ethyl adjacent to an activating group) is 2. The summed E-state index contributed by atoms with van der Waals surface area (Å²) in [5.74, 6) is 3.26. The zero-order chi connectivity index (χ0) is 12.1. The molecule has 2 aliphatic rings. The molecule has 0 radical (unpaired) electrons. The standard InChI is InChI=1S/C13H26N2OS/c1-3-14-13(11-5-4-7-16-9-11)12-10-17-8-6-15(12)2/h11-14H,3-10H2,1-2H3. The highest BCUT2D eigenvalue weighted by Gasteiger charge is 2.33. The Morgan fingerprint density at radius 1 is 1.53 bits per heavy atom. The summed E-state index contributed by atoms with van der Waals surface area (Å²) in [6, 6.07) is 1.29. The van der Waals surface area contributed by atoms with Crippen molar-refractivity contribution >= 4 is 11.8 Å². The molecular weight excluding hydrogens is 232 g/mol. The van der Waals surface area contributed by atoms with E-state index in [0.717, 1.165) is 19.8 Å². The molecule has 0 saturated carbocycles. The van der Waals surface area contributed by atoms with Gasteiger partial charge < -0.3 is 15.0 Å². The smallest absolute Gasteiger partial charge is 0.0509 e. The summed E-state index contributed by atoms with van der Waals surface area (Å²) in [5, 5.41) is 3.72. The third-order valence-electron chi connectivity index (χ3n) is 4.00. The van der Waals surface area contributed by atoms with E-state index in [1.165, 1.54) is 30.9 Å². The lowest BCUT2D eigenvalue weighted by Crippen LogP contribution is -2.57. The van der Waals surface area contributed by atoms with Gasteiger partial charge in [-0.25, -0.2) is 0 Å². The minimum atomic E-state index is 0.609. The predicted molar refractivity (Wildman–Crippen MR) is 74.8 cm³/mol. The first-order valence-corrected chi connectivity index (χ1v) is 8.07. The Balaban J connectivity index is 1.98. The average Bonchev–Trinajstić information content (AvgIpc) is 2.38. The molecule has 0 aromatic rings. The molecule has 100 valence electrons. The van der Waals surface area contributed by atoms with Gasteiger partial charge in [-0.05, 0) is 32.4 Å². The highest BCUT2D eigenvalue weighted by molar-refractivity contribution is 7.99. The van der Waals surface area contributed by atoms with Gasteiger partial charge in [0.15, 0.2) is 0 Å². The van der Waals surface area contributed by atoms with Crippen molar-refractivity contribution in [3.05, 3.63) is 0 Å². The van der Waals surface area contributed by atoms with Crippen molar-refractivity contribution in [2.75, 3.05) is 44.9 Å². The number of rotatable bonds is 4. The Bertz CT molecular complexity index is 221. The Morgan fingerprint density at radius 3 is 3.06 bits per heavy atom. The molecule has 0 spiro atoms. The maximum absolute atomic E-state index is 5.67. The second kappa shape index (κ2) is 6.98. The van der Waals surface area contributed by atoms with E-state index in [-0.39, 0.29) is 0 Å². The minimum Gasteiger partial charge on any atom is -0.381 e. The van der Waals surface area contributed by atoms with Crippen molar-refractivity contribution in [2.45, 2.75) is 31.8 Å². The van der Waals surface area contributed by atoms with Gasteiger partial charge in [-0.1, -0.05) is 6.92 Å². The number of thioether (sulfide) groups is 1. The maximum Gasteiger partial charge on any atom is 0.0509 e. The van der Waals surface area contributed by atoms with Gasteiger partial charge in [0.25, 0.3) is 0 Å². The Hall–Kier alpha value is 0.230. The van der Waals surface area contributed by atoms with Crippen molar-refractivity contribution in [3.63, 3.8) is 0 Å². The van der Waals surface area contributed by atoms with Crippen LogP contribution in [-0.2, 0) is 4.74 Å². The van der Waals surface area contributed by atoms with E-state index < -0.39 is 0 Å². The Labute approximate surface area is 110 Å². The second-order valence-corrected chi connectivity index (χ2v) is 6.33. The molecule has 4 heteroatoms. The molecule has 3 unspecified atom stereocenters. The predicted octanol–water partition coefficient (Wildman–Crippen LogP) is 1.44. The summed E-state index contributed by atoms with van der Waals surface area (Å²) in [6.07, 6.45) is 2.56. The molecule has 3 nitrogen and oxygen atoms in total. The molecule has 0 aromatic heterocycles. The molecule has 2 rings (SSSR count). The Kier molecular flexibility index (Phi) is 5.60. The lowest BCUT2D eigenvalue weighted by atomic mass is 9.88. The van der Waals surface area contributed by atoms with E-state index in [1.54, 1.807) is 0 Å². The van der Waals surface area contributed by atoms with E-state index in [0.29, 0.717) is 18.0 Å². The third-order valence-corrected chi connectivity index (χ3v) is 5.05. The number of nitrogens with zero attached hydrogens (tertiary/aromatic N) is 1. The number of hydrogen-bond donors (Lipinski definition) is 1. The van der Waals surface area contributed by atoms with E-state index >= 15 is 0 Å². The van der Waals surface area contributed by atoms with Gasteiger partial charge in [-0.15, -0.1) is 0 Å². The van der Waals surface area contributed by atoms with Crippen LogP contribution in [0.4, 0.5) is 0 Å². The van der Waals surface area contributed by atoms with E-state index in [1.807, 2.05) is 0 Å². The van der Waals surface area contributed by atoms with E-state index in [9.17, 15) is 0 Å². The molecule has 3 atom stereocenters. The van der Waals surface area contributed by atoms with Crippen molar-refractivity contribution in [1.82, 2.24) is 10.2 Å². The molecule has 0 bridgehead atoms. The van der Waals surface area contributed by atoms with Gasteiger partial charge in [0.1, 0.15) is 0 Å². The molecular formula is C13H26N2OS. The lowest BCUT2D eigenvalue weighted by molar-refractivity contribution is 0.0241. The molecule has 2 heterocycles. The van der Waals surface area contributed by atoms with E-state index in [4.69, 9.17) is 4.74 Å². The fraction of sp³-hybridized carbons (Fsp3) is 1.00. The minimum absolute atomic E-state index is 0.609. The van der Waals surface area contributed by atoms with Crippen LogP contribution in [0.25, 0.3) is 0 Å². The van der Waals surface area contributed by atoms with Crippen molar-refractivity contribution in [1.29, 1.82) is 0 Å². The van der Waals surface area contributed by atoms with Crippen LogP contribution < -0.4 is 5.32 Å². The average molecular weight is 258 g/mol. The van der Waals surface area contributed by atoms with Crippen LogP contribution in [0.15, 0.2) is 0 Å². The molecule has 2 fully saturated rings. The van der Waals surface area contributed by atoms with Gasteiger partial charge in [0.2, 0.25) is 0 Å². The fourth-order valence-electron chi connectivity index (χ4n) is 2.98. The summed E-state index contributed by atoms with van der Waals surface area (Å²) < 4.78 is 5.67. The lowest BCUT2D eigenvalue weighted by Gasteiger charge is -2.42. The highest BCUT2D eigenvalue weighted by Crippen LogP contribution is 2.26. The maximum atomic E-state index is 5.67. The molecule has 17 heavy (non-hydrogen) atoms. The van der Waals surface area contributed by atoms with Gasteiger partial charge in [0, 0.05) is 36.7 Å². The summed E-state index contributed by atoms with van der Waals surface area (Å²) in [5.41, 5.74) is 0. The summed E-state index contributed by atoms with van der Waals surface area (Å²) in [4.78, 5) is 2.54. The largest absolute Gasteiger partial charge is 0.381 e. The molecule has 0 aromatic carbocycles. The van der Waals surface area contributed by atoms with Crippen LogP contribution in [0.3, 0.4) is 0 Å². The second-order valence-electron chi connectivity index (χ2n) is 5.18. The summed E-state index contributed by atoms with van der Waals surface area (Å²) >= 11 is 2.10. The van der Waals surface area contributed by atoms with Crippen molar-refractivity contribution in [2.24, 2.45) is 5.92 Å². The monoisotopic (exact) mass is 258 g/mol. The molecule has 0 amide bonds. The van der Waals surface area contributed by atoms with E-state index in [2.05, 4.69) is 35.9 Å². The first-order chi connectivity index (χ1) is 8.33. The van der Waals surface area contributed by atoms with Crippen molar-refractivity contribution in [3.8, 4) is 0 Å². The summed E-state index contributed by atoms with van der Waals surface area (Å²) in [6.45, 7) is 6.42. The number of ether oxygens (including phenoxy) is 1. The fourth-order valence-corrected chi connectivity index (χ4v) is 4.27. The van der Waals surface area contributed by atoms with Gasteiger partial charge in [-0.2, -0.15) is 11.8 Å². The first kappa shape index (κ1) is 13.7. The number of hydrogen-bond acceptors (Lipinski definition) is 4. The van der Waals surface area contributed by atoms with Crippen LogP contribution in [0.2, 0.25) is 0 Å². The molecule has 2 saturated heterocycles. The number of nitrogens with one attached hydrogen (secondary N) is 1. The van der Waals surface area contributed by atoms with Crippen LogP contribution in [0, 0.1) is 5.92 Å². The van der Waals surface area contributed by atoms with Gasteiger partial charge in [-0.3, -0.25) is 0 Å². The van der Waals surface area contributed by atoms with Crippen LogP contribution in [0.5, 0.6) is 0 Å². The molecule has 2 aliphatic heterocycles. The molecule has 0 aliphatic carbocycles. The van der Waals surface area contributed by atoms with Crippen LogP contribution >= 0.6 is 11.8 Å². The van der Waals surface area contributed by atoms with Crippen LogP contribution in [-0.4, -0.2) is 61.8 Å². The zero-order valence-electron chi connectivity index (χ0n) is 11.2. The van der Waals surface area contributed by atoms with Crippen LogP contribution in [0.1, 0.15) is 19.8 Å².